The van der Waals surface area contributed by atoms with Crippen LogP contribution in [0.1, 0.15) is 31.4 Å². The summed E-state index contributed by atoms with van der Waals surface area (Å²) in [6, 6.07) is 4.84. The highest BCUT2D eigenvalue weighted by atomic mass is 32.2. The van der Waals surface area contributed by atoms with Gasteiger partial charge in [0.15, 0.2) is 5.69 Å². The molecule has 1 fully saturated rings. The molecular formula is C13H16N4O3S. The third-order valence-electron chi connectivity index (χ3n) is 2.98. The molecule has 0 unspecified atom stereocenters. The first-order chi connectivity index (χ1) is 10.0. The molecule has 0 aromatic carbocycles. The number of nitrogens with zero attached hydrogens (tertiary/aromatic N) is 2. The molecule has 1 aromatic rings. The van der Waals surface area contributed by atoms with Crippen LogP contribution >= 0.6 is 0 Å². The largest absolute Gasteiger partial charge is 0.353 e. The summed E-state index contributed by atoms with van der Waals surface area (Å²) in [7, 11) is -3.78. The minimum Gasteiger partial charge on any atom is -0.353 e. The van der Waals surface area contributed by atoms with Crippen molar-refractivity contribution in [2.75, 3.05) is 6.54 Å². The average Bonchev–Trinajstić information content (AvgIpc) is 3.27. The number of hydrogen-bond acceptors (Lipinski definition) is 5. The number of amides is 1. The maximum atomic E-state index is 12.0. The zero-order valence-electron chi connectivity index (χ0n) is 11.4. The van der Waals surface area contributed by atoms with E-state index in [0.29, 0.717) is 12.5 Å². The van der Waals surface area contributed by atoms with E-state index >= 15 is 0 Å². The van der Waals surface area contributed by atoms with Gasteiger partial charge in [-0.15, -0.1) is 0 Å². The van der Waals surface area contributed by atoms with Gasteiger partial charge in [0.2, 0.25) is 15.9 Å². The molecule has 0 aliphatic heterocycles. The maximum Gasteiger partial charge on any atom is 0.243 e. The SMILES string of the molecule is N#Cc1ncccc1S(=O)(=O)NCCCC(=O)NC1CC1. The normalized spacial score (nSPS) is 14.4. The number of aromatic nitrogens is 1. The third kappa shape index (κ3) is 4.51. The van der Waals surface area contributed by atoms with Gasteiger partial charge in [0, 0.05) is 25.2 Å². The van der Waals surface area contributed by atoms with Crippen LogP contribution in [0.15, 0.2) is 23.2 Å². The van der Waals surface area contributed by atoms with Crippen LogP contribution in [0.3, 0.4) is 0 Å². The number of rotatable bonds is 7. The fourth-order valence-corrected chi connectivity index (χ4v) is 2.93. The molecular weight excluding hydrogens is 292 g/mol. The molecule has 1 aliphatic rings. The van der Waals surface area contributed by atoms with Crippen LogP contribution in [0.2, 0.25) is 0 Å². The molecule has 8 heteroatoms. The Balaban J connectivity index is 1.83. The summed E-state index contributed by atoms with van der Waals surface area (Å²) in [4.78, 5) is 15.0. The van der Waals surface area contributed by atoms with Gasteiger partial charge in [-0.3, -0.25) is 4.79 Å². The van der Waals surface area contributed by atoms with Crippen LogP contribution in [0.4, 0.5) is 0 Å². The molecule has 1 amide bonds. The van der Waals surface area contributed by atoms with Crippen LogP contribution in [0.25, 0.3) is 0 Å². The highest BCUT2D eigenvalue weighted by molar-refractivity contribution is 7.89. The van der Waals surface area contributed by atoms with E-state index in [-0.39, 0.29) is 29.5 Å². The van der Waals surface area contributed by atoms with E-state index in [0.717, 1.165) is 12.8 Å². The second-order valence-electron chi connectivity index (χ2n) is 4.81. The standard InChI is InChI=1S/C13H16N4O3S/c14-9-11-12(3-1-7-15-11)21(19,20)16-8-2-4-13(18)17-10-5-6-10/h1,3,7,10,16H,2,4-6,8H2,(H,17,18). The molecule has 2 N–H and O–H groups in total. The summed E-state index contributed by atoms with van der Waals surface area (Å²) >= 11 is 0. The van der Waals surface area contributed by atoms with Crippen molar-refractivity contribution in [2.24, 2.45) is 0 Å². The van der Waals surface area contributed by atoms with Crippen molar-refractivity contribution >= 4 is 15.9 Å². The molecule has 2 rings (SSSR count). The van der Waals surface area contributed by atoms with Crippen LogP contribution in [-0.4, -0.2) is 31.9 Å². The van der Waals surface area contributed by atoms with E-state index in [1.165, 1.54) is 18.3 Å². The van der Waals surface area contributed by atoms with Gasteiger partial charge in [-0.2, -0.15) is 5.26 Å². The van der Waals surface area contributed by atoms with Crippen molar-refractivity contribution in [3.8, 4) is 6.07 Å². The van der Waals surface area contributed by atoms with E-state index in [2.05, 4.69) is 15.0 Å². The quantitative estimate of drug-likeness (QED) is 0.703. The number of hydrogen-bond donors (Lipinski definition) is 2. The molecule has 1 heterocycles. The second kappa shape index (κ2) is 6.65. The minimum atomic E-state index is -3.78. The topological polar surface area (TPSA) is 112 Å². The van der Waals surface area contributed by atoms with Gasteiger partial charge in [0.1, 0.15) is 11.0 Å². The highest BCUT2D eigenvalue weighted by Gasteiger charge is 2.23. The second-order valence-corrected chi connectivity index (χ2v) is 6.54. The predicted molar refractivity (Wildman–Crippen MR) is 74.5 cm³/mol. The molecule has 7 nitrogen and oxygen atoms in total. The maximum absolute atomic E-state index is 12.0. The molecule has 0 radical (unpaired) electrons. The summed E-state index contributed by atoms with van der Waals surface area (Å²) < 4.78 is 26.5. The third-order valence-corrected chi connectivity index (χ3v) is 4.47. The summed E-state index contributed by atoms with van der Waals surface area (Å²) in [6.45, 7) is 0.139. The fourth-order valence-electron chi connectivity index (χ4n) is 1.75. The van der Waals surface area contributed by atoms with E-state index in [9.17, 15) is 13.2 Å². The lowest BCUT2D eigenvalue weighted by Gasteiger charge is -2.07. The Labute approximate surface area is 123 Å². The lowest BCUT2D eigenvalue weighted by atomic mass is 10.3. The summed E-state index contributed by atoms with van der Waals surface area (Å²) in [6.07, 6.45) is 4.09. The van der Waals surface area contributed by atoms with Crippen molar-refractivity contribution in [1.29, 1.82) is 5.26 Å². The zero-order valence-corrected chi connectivity index (χ0v) is 12.2. The number of nitrogens with one attached hydrogen (secondary N) is 2. The first kappa shape index (κ1) is 15.4. The summed E-state index contributed by atoms with van der Waals surface area (Å²) in [5.41, 5.74) is -0.142. The molecule has 21 heavy (non-hydrogen) atoms. The van der Waals surface area contributed by atoms with Gasteiger partial charge in [0.05, 0.1) is 0 Å². The molecule has 0 atom stereocenters. The number of carbonyl (C=O) groups excluding carboxylic acids is 1. The van der Waals surface area contributed by atoms with Gasteiger partial charge in [-0.05, 0) is 31.4 Å². The molecule has 0 spiro atoms. The molecule has 1 saturated carbocycles. The van der Waals surface area contributed by atoms with Crippen molar-refractivity contribution < 1.29 is 13.2 Å². The van der Waals surface area contributed by atoms with Crippen LogP contribution in [0.5, 0.6) is 0 Å². The van der Waals surface area contributed by atoms with Gasteiger partial charge in [0.25, 0.3) is 0 Å². The number of carbonyl (C=O) groups is 1. The molecule has 0 saturated heterocycles. The van der Waals surface area contributed by atoms with Crippen LogP contribution in [0, 0.1) is 11.3 Å². The monoisotopic (exact) mass is 308 g/mol. The zero-order chi connectivity index (χ0) is 15.3. The van der Waals surface area contributed by atoms with Gasteiger partial charge < -0.3 is 5.32 Å². The molecule has 1 aromatic heterocycles. The Morgan fingerprint density at radius 3 is 2.90 bits per heavy atom. The first-order valence-corrected chi connectivity index (χ1v) is 8.15. The van der Waals surface area contributed by atoms with Crippen molar-refractivity contribution in [3.63, 3.8) is 0 Å². The molecule has 1 aliphatic carbocycles. The Kier molecular flexibility index (Phi) is 4.88. The van der Waals surface area contributed by atoms with E-state index in [1.54, 1.807) is 6.07 Å². The number of nitriles is 1. The smallest absolute Gasteiger partial charge is 0.243 e. The van der Waals surface area contributed by atoms with Gasteiger partial charge in [-0.1, -0.05) is 0 Å². The highest BCUT2D eigenvalue weighted by Crippen LogP contribution is 2.18. The van der Waals surface area contributed by atoms with Crippen molar-refractivity contribution in [1.82, 2.24) is 15.0 Å². The molecule has 0 bridgehead atoms. The van der Waals surface area contributed by atoms with Crippen molar-refractivity contribution in [2.45, 2.75) is 36.6 Å². The van der Waals surface area contributed by atoms with Crippen LogP contribution < -0.4 is 10.0 Å². The Morgan fingerprint density at radius 2 is 2.24 bits per heavy atom. The Hall–Kier alpha value is -1.98. The number of sulfonamides is 1. The molecule has 112 valence electrons. The van der Waals surface area contributed by atoms with E-state index in [4.69, 9.17) is 5.26 Å². The fraction of sp³-hybridized carbons (Fsp3) is 0.462. The summed E-state index contributed by atoms with van der Waals surface area (Å²) in [5, 5.41) is 11.7. The van der Waals surface area contributed by atoms with Gasteiger partial charge >= 0.3 is 0 Å². The minimum absolute atomic E-state index is 0.0595. The summed E-state index contributed by atoms with van der Waals surface area (Å²) in [5.74, 6) is -0.0595. The lowest BCUT2D eigenvalue weighted by Crippen LogP contribution is -2.29. The van der Waals surface area contributed by atoms with Gasteiger partial charge in [-0.25, -0.2) is 18.1 Å². The van der Waals surface area contributed by atoms with Crippen LogP contribution in [-0.2, 0) is 14.8 Å². The number of pyridine rings is 1. The van der Waals surface area contributed by atoms with Crippen molar-refractivity contribution in [3.05, 3.63) is 24.0 Å². The first-order valence-electron chi connectivity index (χ1n) is 6.67. The Morgan fingerprint density at radius 1 is 1.48 bits per heavy atom. The average molecular weight is 308 g/mol. The van der Waals surface area contributed by atoms with E-state index < -0.39 is 10.0 Å². The Bertz CT molecular complexity index is 662. The predicted octanol–water partition coefficient (Wildman–Crippen LogP) is 0.290. The van der Waals surface area contributed by atoms with E-state index in [1.807, 2.05) is 0 Å². The lowest BCUT2D eigenvalue weighted by molar-refractivity contribution is -0.121.